The molecular formula is C10H11NO3S. The van der Waals surface area contributed by atoms with Crippen LogP contribution >= 0.6 is 11.3 Å². The molecule has 1 aromatic heterocycles. The minimum Gasteiger partial charge on any atom is -0.465 e. The molecule has 0 spiro atoms. The van der Waals surface area contributed by atoms with Crippen molar-refractivity contribution in [3.05, 3.63) is 21.4 Å². The number of carboxylic acid groups (broad SMARTS) is 1. The average Bonchev–Trinajstić information content (AvgIpc) is 2.58. The molecule has 0 bridgehead atoms. The van der Waals surface area contributed by atoms with E-state index in [0.29, 0.717) is 17.8 Å². The van der Waals surface area contributed by atoms with Crippen molar-refractivity contribution < 1.29 is 14.7 Å². The number of fused-ring (bicyclic) bond motifs is 1. The van der Waals surface area contributed by atoms with Gasteiger partial charge in [0.05, 0.1) is 11.4 Å². The first-order valence-corrected chi connectivity index (χ1v) is 5.49. The second-order valence-corrected chi connectivity index (χ2v) is 4.85. The van der Waals surface area contributed by atoms with Gasteiger partial charge in [0.25, 0.3) is 0 Å². The molecule has 0 aromatic carbocycles. The number of thiophene rings is 1. The van der Waals surface area contributed by atoms with Crippen molar-refractivity contribution in [3.63, 3.8) is 0 Å². The maximum Gasteiger partial charge on any atom is 0.407 e. The van der Waals surface area contributed by atoms with Gasteiger partial charge in [-0.05, 0) is 25.0 Å². The Bertz CT molecular complexity index is 413. The third-order valence-corrected chi connectivity index (χ3v) is 3.73. The molecule has 1 atom stereocenters. The molecule has 15 heavy (non-hydrogen) atoms. The summed E-state index contributed by atoms with van der Waals surface area (Å²) >= 11 is 1.39. The largest absolute Gasteiger partial charge is 0.465 e. The van der Waals surface area contributed by atoms with E-state index in [1.807, 2.05) is 13.0 Å². The molecule has 2 heterocycles. The van der Waals surface area contributed by atoms with Gasteiger partial charge in [0, 0.05) is 10.9 Å². The predicted octanol–water partition coefficient (Wildman–Crippen LogP) is 1.99. The van der Waals surface area contributed by atoms with Crippen LogP contribution in [0.2, 0.25) is 0 Å². The van der Waals surface area contributed by atoms with Crippen LogP contribution in [0.25, 0.3) is 0 Å². The van der Waals surface area contributed by atoms with Crippen molar-refractivity contribution in [3.8, 4) is 0 Å². The zero-order valence-electron chi connectivity index (χ0n) is 8.27. The summed E-state index contributed by atoms with van der Waals surface area (Å²) < 4.78 is 0. The van der Waals surface area contributed by atoms with E-state index in [2.05, 4.69) is 0 Å². The Labute approximate surface area is 91.1 Å². The van der Waals surface area contributed by atoms with Crippen LogP contribution in [-0.2, 0) is 13.0 Å². The number of nitrogens with zero attached hydrogens (tertiary/aromatic N) is 1. The number of aldehydes is 1. The van der Waals surface area contributed by atoms with Gasteiger partial charge in [-0.15, -0.1) is 11.3 Å². The maximum atomic E-state index is 10.9. The van der Waals surface area contributed by atoms with Crippen LogP contribution in [0.4, 0.5) is 4.79 Å². The number of hydrogen-bond acceptors (Lipinski definition) is 3. The third kappa shape index (κ3) is 1.74. The van der Waals surface area contributed by atoms with Crippen molar-refractivity contribution >= 4 is 23.7 Å². The molecule has 80 valence electrons. The highest BCUT2D eigenvalue weighted by Gasteiger charge is 2.27. The molecular weight excluding hydrogens is 214 g/mol. The fourth-order valence-corrected chi connectivity index (χ4v) is 2.86. The van der Waals surface area contributed by atoms with Gasteiger partial charge in [0.15, 0.2) is 6.29 Å². The summed E-state index contributed by atoms with van der Waals surface area (Å²) in [5.41, 5.74) is 1.12. The van der Waals surface area contributed by atoms with Crippen molar-refractivity contribution in [1.82, 2.24) is 4.90 Å². The van der Waals surface area contributed by atoms with Gasteiger partial charge < -0.3 is 10.0 Å². The van der Waals surface area contributed by atoms with Crippen molar-refractivity contribution in [2.24, 2.45) is 0 Å². The lowest BCUT2D eigenvalue weighted by Gasteiger charge is -2.30. The molecule has 1 amide bonds. The highest BCUT2D eigenvalue weighted by molar-refractivity contribution is 7.13. The zero-order chi connectivity index (χ0) is 11.0. The SMILES string of the molecule is CC1Cc2cc(C=O)sc2CN1C(=O)O. The lowest BCUT2D eigenvalue weighted by molar-refractivity contribution is 0.112. The normalized spacial score (nSPS) is 19.8. The number of carbonyl (C=O) groups is 2. The summed E-state index contributed by atoms with van der Waals surface area (Å²) in [5, 5.41) is 8.96. The smallest absolute Gasteiger partial charge is 0.407 e. The van der Waals surface area contributed by atoms with Crippen molar-refractivity contribution in [2.45, 2.75) is 25.9 Å². The van der Waals surface area contributed by atoms with Gasteiger partial charge in [0.2, 0.25) is 0 Å². The van der Waals surface area contributed by atoms with Crippen LogP contribution in [0.5, 0.6) is 0 Å². The standard InChI is InChI=1S/C10H11NO3S/c1-6-2-7-3-8(5-12)15-9(7)4-11(6)10(13)14/h3,5-6H,2,4H2,1H3,(H,13,14). The predicted molar refractivity (Wildman–Crippen MR) is 56.4 cm³/mol. The summed E-state index contributed by atoms with van der Waals surface area (Å²) in [5.74, 6) is 0. The molecule has 1 unspecified atom stereocenters. The van der Waals surface area contributed by atoms with Gasteiger partial charge in [0.1, 0.15) is 0 Å². The van der Waals surface area contributed by atoms with E-state index < -0.39 is 6.09 Å². The van der Waals surface area contributed by atoms with Crippen molar-refractivity contribution in [2.75, 3.05) is 0 Å². The Morgan fingerprint density at radius 1 is 1.73 bits per heavy atom. The van der Waals surface area contributed by atoms with Gasteiger partial charge in [-0.25, -0.2) is 4.79 Å². The molecule has 5 heteroatoms. The molecule has 0 saturated heterocycles. The Balaban J connectivity index is 2.31. The Kier molecular flexibility index (Phi) is 2.48. The van der Waals surface area contributed by atoms with E-state index in [0.717, 1.165) is 16.7 Å². The third-order valence-electron chi connectivity index (χ3n) is 2.64. The van der Waals surface area contributed by atoms with E-state index in [1.54, 1.807) is 0 Å². The average molecular weight is 225 g/mol. The van der Waals surface area contributed by atoms with E-state index in [9.17, 15) is 9.59 Å². The number of rotatable bonds is 1. The Morgan fingerprint density at radius 3 is 3.07 bits per heavy atom. The van der Waals surface area contributed by atoms with Crippen LogP contribution in [-0.4, -0.2) is 28.4 Å². The second-order valence-electron chi connectivity index (χ2n) is 3.68. The summed E-state index contributed by atoms with van der Waals surface area (Å²) in [6.07, 6.45) is 0.624. The topological polar surface area (TPSA) is 57.6 Å². The molecule has 1 aliphatic rings. The molecule has 1 aliphatic heterocycles. The van der Waals surface area contributed by atoms with Crippen LogP contribution in [0.3, 0.4) is 0 Å². The first kappa shape index (κ1) is 10.2. The Hall–Kier alpha value is -1.36. The highest BCUT2D eigenvalue weighted by atomic mass is 32.1. The number of hydrogen-bond donors (Lipinski definition) is 1. The lowest BCUT2D eigenvalue weighted by atomic mass is 10.0. The van der Waals surface area contributed by atoms with Crippen molar-refractivity contribution in [1.29, 1.82) is 0 Å². The fourth-order valence-electron chi connectivity index (χ4n) is 1.85. The summed E-state index contributed by atoms with van der Waals surface area (Å²) in [4.78, 5) is 24.6. The minimum atomic E-state index is -0.894. The van der Waals surface area contributed by atoms with Gasteiger partial charge in [-0.2, -0.15) is 0 Å². The van der Waals surface area contributed by atoms with E-state index in [4.69, 9.17) is 5.11 Å². The molecule has 4 nitrogen and oxygen atoms in total. The quantitative estimate of drug-likeness (QED) is 0.743. The monoisotopic (exact) mass is 225 g/mol. The molecule has 1 N–H and O–H groups in total. The molecule has 0 radical (unpaired) electrons. The summed E-state index contributed by atoms with van der Waals surface area (Å²) in [6.45, 7) is 2.29. The van der Waals surface area contributed by atoms with Gasteiger partial charge in [-0.3, -0.25) is 4.79 Å². The van der Waals surface area contributed by atoms with E-state index in [-0.39, 0.29) is 6.04 Å². The minimum absolute atomic E-state index is 0.0101. The van der Waals surface area contributed by atoms with Crippen LogP contribution in [0.15, 0.2) is 6.07 Å². The first-order valence-electron chi connectivity index (χ1n) is 4.68. The van der Waals surface area contributed by atoms with Crippen LogP contribution < -0.4 is 0 Å². The summed E-state index contributed by atoms with van der Waals surface area (Å²) in [6, 6.07) is 1.85. The molecule has 2 rings (SSSR count). The molecule has 1 aromatic rings. The first-order chi connectivity index (χ1) is 7.11. The van der Waals surface area contributed by atoms with Gasteiger partial charge in [-0.1, -0.05) is 0 Å². The maximum absolute atomic E-state index is 10.9. The lowest BCUT2D eigenvalue weighted by Crippen LogP contribution is -2.41. The summed E-state index contributed by atoms with van der Waals surface area (Å²) in [7, 11) is 0. The van der Waals surface area contributed by atoms with Crippen LogP contribution in [0.1, 0.15) is 27.0 Å². The van der Waals surface area contributed by atoms with E-state index in [1.165, 1.54) is 16.2 Å². The zero-order valence-corrected chi connectivity index (χ0v) is 9.08. The number of amides is 1. The molecule has 0 aliphatic carbocycles. The highest BCUT2D eigenvalue weighted by Crippen LogP contribution is 2.29. The molecule has 0 saturated carbocycles. The second kappa shape index (κ2) is 3.66. The van der Waals surface area contributed by atoms with Gasteiger partial charge >= 0.3 is 6.09 Å². The molecule has 0 fully saturated rings. The van der Waals surface area contributed by atoms with E-state index >= 15 is 0 Å². The van der Waals surface area contributed by atoms with Crippen LogP contribution in [0, 0.1) is 0 Å². The number of carbonyl (C=O) groups excluding carboxylic acids is 1. The Morgan fingerprint density at radius 2 is 2.47 bits per heavy atom. The fraction of sp³-hybridized carbons (Fsp3) is 0.400.